The Kier molecular flexibility index (Phi) is 4.48. The van der Waals surface area contributed by atoms with Crippen molar-refractivity contribution in [2.75, 3.05) is 6.61 Å². The number of carbonyl (C=O) groups excluding carboxylic acids is 1. The fourth-order valence-electron chi connectivity index (χ4n) is 2.90. The first kappa shape index (κ1) is 14.4. The van der Waals surface area contributed by atoms with Gasteiger partial charge in [-0.25, -0.2) is 0 Å². The van der Waals surface area contributed by atoms with Crippen molar-refractivity contribution in [3.8, 4) is 0 Å². The quantitative estimate of drug-likeness (QED) is 0.895. The fourth-order valence-corrected chi connectivity index (χ4v) is 3.09. The Labute approximate surface area is 119 Å². The molecule has 0 radical (unpaired) electrons. The molecule has 2 atom stereocenters. The Morgan fingerprint density at radius 3 is 3.00 bits per heavy atom. The van der Waals surface area contributed by atoms with Crippen molar-refractivity contribution in [2.45, 2.75) is 38.1 Å². The average molecular weight is 282 g/mol. The monoisotopic (exact) mass is 281 g/mol. The lowest BCUT2D eigenvalue weighted by Crippen LogP contribution is -2.53. The second kappa shape index (κ2) is 5.93. The van der Waals surface area contributed by atoms with E-state index < -0.39 is 5.54 Å². The number of halogens is 1. The Morgan fingerprint density at radius 1 is 1.58 bits per heavy atom. The standard InChI is InChI=1S/C15H20ClNO2/c1-11-4-3-7-15(9-11,10-18)17-14(19)12-5-2-6-13(16)8-12/h2,5-6,8,11,18H,3-4,7,9-10H2,1H3,(H,17,19). The number of amides is 1. The molecule has 0 aliphatic heterocycles. The van der Waals surface area contributed by atoms with Gasteiger partial charge in [-0.3, -0.25) is 4.79 Å². The van der Waals surface area contributed by atoms with E-state index in [9.17, 15) is 9.90 Å². The van der Waals surface area contributed by atoms with Crippen molar-refractivity contribution in [1.29, 1.82) is 0 Å². The third-order valence-corrected chi connectivity index (χ3v) is 4.09. The highest BCUT2D eigenvalue weighted by atomic mass is 35.5. The summed E-state index contributed by atoms with van der Waals surface area (Å²) in [7, 11) is 0. The van der Waals surface area contributed by atoms with Crippen LogP contribution in [0.25, 0.3) is 0 Å². The van der Waals surface area contributed by atoms with Gasteiger partial charge in [-0.1, -0.05) is 37.4 Å². The summed E-state index contributed by atoms with van der Waals surface area (Å²) in [4.78, 5) is 12.3. The van der Waals surface area contributed by atoms with Gasteiger partial charge >= 0.3 is 0 Å². The summed E-state index contributed by atoms with van der Waals surface area (Å²) in [6.45, 7) is 2.15. The van der Waals surface area contributed by atoms with Crippen molar-refractivity contribution in [2.24, 2.45) is 5.92 Å². The van der Waals surface area contributed by atoms with Crippen LogP contribution in [0.3, 0.4) is 0 Å². The molecule has 1 aromatic rings. The van der Waals surface area contributed by atoms with Gasteiger partial charge in [0.1, 0.15) is 0 Å². The van der Waals surface area contributed by atoms with E-state index in [2.05, 4.69) is 12.2 Å². The average Bonchev–Trinajstić information content (AvgIpc) is 2.38. The van der Waals surface area contributed by atoms with Gasteiger partial charge in [0.15, 0.2) is 0 Å². The van der Waals surface area contributed by atoms with Crippen LogP contribution in [0.15, 0.2) is 24.3 Å². The molecule has 2 unspecified atom stereocenters. The summed E-state index contributed by atoms with van der Waals surface area (Å²) in [6, 6.07) is 6.88. The molecule has 2 N–H and O–H groups in total. The maximum absolute atomic E-state index is 12.3. The largest absolute Gasteiger partial charge is 0.394 e. The number of benzene rings is 1. The lowest BCUT2D eigenvalue weighted by atomic mass is 9.76. The highest BCUT2D eigenvalue weighted by Gasteiger charge is 2.35. The molecule has 0 saturated heterocycles. The molecule has 1 fully saturated rings. The highest BCUT2D eigenvalue weighted by molar-refractivity contribution is 6.30. The maximum Gasteiger partial charge on any atom is 0.251 e. The van der Waals surface area contributed by atoms with Crippen molar-refractivity contribution in [3.05, 3.63) is 34.9 Å². The number of aliphatic hydroxyl groups excluding tert-OH is 1. The van der Waals surface area contributed by atoms with Gasteiger partial charge in [0.2, 0.25) is 0 Å². The van der Waals surface area contributed by atoms with Crippen LogP contribution in [0.4, 0.5) is 0 Å². The van der Waals surface area contributed by atoms with Gasteiger partial charge in [0.05, 0.1) is 12.1 Å². The molecular weight excluding hydrogens is 262 g/mol. The zero-order valence-corrected chi connectivity index (χ0v) is 11.9. The smallest absolute Gasteiger partial charge is 0.251 e. The second-order valence-electron chi connectivity index (χ2n) is 5.60. The van der Waals surface area contributed by atoms with Crippen LogP contribution < -0.4 is 5.32 Å². The summed E-state index contributed by atoms with van der Waals surface area (Å²) in [5.41, 5.74) is 0.0652. The van der Waals surface area contributed by atoms with E-state index in [-0.39, 0.29) is 12.5 Å². The van der Waals surface area contributed by atoms with E-state index in [1.807, 2.05) is 0 Å². The Hall–Kier alpha value is -1.06. The Balaban J connectivity index is 2.12. The van der Waals surface area contributed by atoms with Crippen LogP contribution in [0.2, 0.25) is 5.02 Å². The third kappa shape index (κ3) is 3.48. The lowest BCUT2D eigenvalue weighted by Gasteiger charge is -2.39. The molecule has 0 aromatic heterocycles. The number of nitrogens with one attached hydrogen (secondary N) is 1. The SMILES string of the molecule is CC1CCCC(CO)(NC(=O)c2cccc(Cl)c2)C1. The van der Waals surface area contributed by atoms with Crippen LogP contribution in [0, 0.1) is 5.92 Å². The first-order chi connectivity index (χ1) is 9.04. The molecule has 104 valence electrons. The van der Waals surface area contributed by atoms with Crippen molar-refractivity contribution in [1.82, 2.24) is 5.32 Å². The molecule has 1 aliphatic carbocycles. The predicted molar refractivity (Wildman–Crippen MR) is 76.4 cm³/mol. The predicted octanol–water partition coefficient (Wildman–Crippen LogP) is 3.01. The van der Waals surface area contributed by atoms with Gasteiger partial charge in [-0.2, -0.15) is 0 Å². The molecule has 4 heteroatoms. The van der Waals surface area contributed by atoms with E-state index in [0.717, 1.165) is 25.7 Å². The minimum atomic E-state index is -0.475. The fraction of sp³-hybridized carbons (Fsp3) is 0.533. The van der Waals surface area contributed by atoms with E-state index >= 15 is 0 Å². The summed E-state index contributed by atoms with van der Waals surface area (Å²) in [5.74, 6) is 0.367. The number of aliphatic hydroxyl groups is 1. The van der Waals surface area contributed by atoms with E-state index in [0.29, 0.717) is 16.5 Å². The van der Waals surface area contributed by atoms with Gasteiger partial charge in [-0.15, -0.1) is 0 Å². The number of hydrogen-bond donors (Lipinski definition) is 2. The maximum atomic E-state index is 12.3. The molecule has 1 amide bonds. The Bertz CT molecular complexity index is 463. The van der Waals surface area contributed by atoms with Crippen LogP contribution >= 0.6 is 11.6 Å². The summed E-state index contributed by atoms with van der Waals surface area (Å²) in [5, 5.41) is 13.2. The minimum absolute atomic E-state index is 0.0103. The van der Waals surface area contributed by atoms with E-state index in [1.54, 1.807) is 24.3 Å². The summed E-state index contributed by atoms with van der Waals surface area (Å²) < 4.78 is 0. The van der Waals surface area contributed by atoms with Crippen molar-refractivity contribution >= 4 is 17.5 Å². The molecule has 2 rings (SSSR count). The number of rotatable bonds is 3. The van der Waals surface area contributed by atoms with Gasteiger partial charge < -0.3 is 10.4 Å². The zero-order chi connectivity index (χ0) is 13.9. The molecule has 1 saturated carbocycles. The van der Waals surface area contributed by atoms with Crippen molar-refractivity contribution < 1.29 is 9.90 Å². The number of carbonyl (C=O) groups is 1. The van der Waals surface area contributed by atoms with Crippen LogP contribution in [0.5, 0.6) is 0 Å². The first-order valence-corrected chi connectivity index (χ1v) is 7.11. The minimum Gasteiger partial charge on any atom is -0.394 e. The number of hydrogen-bond acceptors (Lipinski definition) is 2. The summed E-state index contributed by atoms with van der Waals surface area (Å²) >= 11 is 5.89. The van der Waals surface area contributed by atoms with E-state index in [4.69, 9.17) is 11.6 Å². The summed E-state index contributed by atoms with van der Waals surface area (Å²) in [6.07, 6.45) is 3.86. The molecule has 1 aliphatic rings. The molecule has 0 heterocycles. The molecule has 0 bridgehead atoms. The van der Waals surface area contributed by atoms with Crippen molar-refractivity contribution in [3.63, 3.8) is 0 Å². The second-order valence-corrected chi connectivity index (χ2v) is 6.04. The zero-order valence-electron chi connectivity index (χ0n) is 11.2. The van der Waals surface area contributed by atoms with Gasteiger partial charge in [-0.05, 0) is 37.0 Å². The van der Waals surface area contributed by atoms with Crippen LogP contribution in [0.1, 0.15) is 43.0 Å². The van der Waals surface area contributed by atoms with Gasteiger partial charge in [0.25, 0.3) is 5.91 Å². The molecule has 19 heavy (non-hydrogen) atoms. The Morgan fingerprint density at radius 2 is 2.37 bits per heavy atom. The molecule has 3 nitrogen and oxygen atoms in total. The molecule has 1 aromatic carbocycles. The molecule has 0 spiro atoms. The lowest BCUT2D eigenvalue weighted by molar-refractivity contribution is 0.0697. The highest BCUT2D eigenvalue weighted by Crippen LogP contribution is 2.32. The van der Waals surface area contributed by atoms with Crippen LogP contribution in [-0.4, -0.2) is 23.2 Å². The van der Waals surface area contributed by atoms with Gasteiger partial charge in [0, 0.05) is 10.6 Å². The third-order valence-electron chi connectivity index (χ3n) is 3.86. The molecular formula is C15H20ClNO2. The van der Waals surface area contributed by atoms with E-state index in [1.165, 1.54) is 0 Å². The normalized spacial score (nSPS) is 27.0. The first-order valence-electron chi connectivity index (χ1n) is 6.74. The topological polar surface area (TPSA) is 49.3 Å². The van der Waals surface area contributed by atoms with Crippen LogP contribution in [-0.2, 0) is 0 Å².